The van der Waals surface area contributed by atoms with Crippen LogP contribution in [0.1, 0.15) is 37.3 Å². The van der Waals surface area contributed by atoms with Crippen molar-refractivity contribution in [1.29, 1.82) is 0 Å². The maximum Gasteiger partial charge on any atom is 0.220 e. The van der Waals surface area contributed by atoms with E-state index in [9.17, 15) is 4.79 Å². The van der Waals surface area contributed by atoms with Crippen LogP contribution >= 0.6 is 11.8 Å². The summed E-state index contributed by atoms with van der Waals surface area (Å²) in [7, 11) is 0. The van der Waals surface area contributed by atoms with Crippen LogP contribution in [0, 0.1) is 0 Å². The van der Waals surface area contributed by atoms with Crippen LogP contribution in [-0.2, 0) is 4.79 Å². The Bertz CT molecular complexity index is 356. The second-order valence-electron chi connectivity index (χ2n) is 4.61. The Balaban J connectivity index is 2.13. The van der Waals surface area contributed by atoms with Gasteiger partial charge in [-0.1, -0.05) is 30.3 Å². The van der Waals surface area contributed by atoms with Gasteiger partial charge < -0.3 is 11.1 Å². The molecule has 0 heterocycles. The molecule has 106 valence electrons. The molecule has 0 aliphatic heterocycles. The van der Waals surface area contributed by atoms with Crippen molar-refractivity contribution in [2.45, 2.75) is 31.7 Å². The third-order valence-electron chi connectivity index (χ3n) is 3.01. The fourth-order valence-corrected chi connectivity index (χ4v) is 2.33. The third-order valence-corrected chi connectivity index (χ3v) is 3.70. The third kappa shape index (κ3) is 7.23. The Morgan fingerprint density at radius 2 is 2.05 bits per heavy atom. The lowest BCUT2D eigenvalue weighted by molar-refractivity contribution is -0.121. The lowest BCUT2D eigenvalue weighted by Crippen LogP contribution is -2.25. The topological polar surface area (TPSA) is 55.1 Å². The summed E-state index contributed by atoms with van der Waals surface area (Å²) in [6, 6.07) is 9.87. The van der Waals surface area contributed by atoms with Gasteiger partial charge in [-0.15, -0.1) is 0 Å². The van der Waals surface area contributed by atoms with Gasteiger partial charge in [0.2, 0.25) is 5.91 Å². The zero-order valence-corrected chi connectivity index (χ0v) is 12.4. The van der Waals surface area contributed by atoms with Gasteiger partial charge in [0.25, 0.3) is 0 Å². The zero-order chi connectivity index (χ0) is 13.9. The molecule has 0 saturated heterocycles. The van der Waals surface area contributed by atoms with E-state index >= 15 is 0 Å². The first-order valence-corrected chi connectivity index (χ1v) is 8.19. The maximum atomic E-state index is 11.6. The minimum absolute atomic E-state index is 0.0524. The van der Waals surface area contributed by atoms with Crippen LogP contribution in [0.25, 0.3) is 0 Å². The molecule has 3 N–H and O–H groups in total. The first kappa shape index (κ1) is 16.1. The Morgan fingerprint density at radius 1 is 1.32 bits per heavy atom. The Labute approximate surface area is 120 Å². The van der Waals surface area contributed by atoms with Gasteiger partial charge in [0, 0.05) is 19.0 Å². The molecule has 0 radical (unpaired) electrons. The number of carbonyl (C=O) groups is 1. The average molecular weight is 280 g/mol. The molecule has 3 nitrogen and oxygen atoms in total. The van der Waals surface area contributed by atoms with Crippen molar-refractivity contribution in [2.75, 3.05) is 18.6 Å². The molecule has 0 bridgehead atoms. The fourth-order valence-electron chi connectivity index (χ4n) is 1.84. The first-order chi connectivity index (χ1) is 9.24. The smallest absolute Gasteiger partial charge is 0.220 e. The second kappa shape index (κ2) is 9.87. The highest BCUT2D eigenvalue weighted by Crippen LogP contribution is 2.14. The minimum Gasteiger partial charge on any atom is -0.356 e. The van der Waals surface area contributed by atoms with Crippen molar-refractivity contribution < 1.29 is 4.79 Å². The molecule has 0 aliphatic rings. The van der Waals surface area contributed by atoms with Crippen LogP contribution in [-0.4, -0.2) is 24.5 Å². The largest absolute Gasteiger partial charge is 0.356 e. The van der Waals surface area contributed by atoms with Gasteiger partial charge >= 0.3 is 0 Å². The fraction of sp³-hybridized carbons (Fsp3) is 0.533. The van der Waals surface area contributed by atoms with E-state index in [1.54, 1.807) is 0 Å². The standard InChI is InChI=1S/C15H24N2OS/c1-19-12-6-5-11-17-15(18)10-9-14(16)13-7-3-2-4-8-13/h2-4,7-8,14H,5-6,9-12,16H2,1H3,(H,17,18). The summed E-state index contributed by atoms with van der Waals surface area (Å²) in [6.07, 6.45) is 5.51. The van der Waals surface area contributed by atoms with Crippen molar-refractivity contribution in [3.05, 3.63) is 35.9 Å². The number of carbonyl (C=O) groups excluding carboxylic acids is 1. The molecule has 4 heteroatoms. The summed E-state index contributed by atoms with van der Waals surface area (Å²) in [5, 5.41) is 2.94. The number of benzene rings is 1. The molecule has 19 heavy (non-hydrogen) atoms. The highest BCUT2D eigenvalue weighted by molar-refractivity contribution is 7.98. The number of nitrogens with one attached hydrogen (secondary N) is 1. The van der Waals surface area contributed by atoms with Crippen LogP contribution < -0.4 is 11.1 Å². The number of hydrogen-bond donors (Lipinski definition) is 2. The summed E-state index contributed by atoms with van der Waals surface area (Å²) < 4.78 is 0. The van der Waals surface area contributed by atoms with Gasteiger partial charge in [0.05, 0.1) is 0 Å². The van der Waals surface area contributed by atoms with Gasteiger partial charge in [0.1, 0.15) is 0 Å². The molecule has 0 saturated carbocycles. The van der Waals surface area contributed by atoms with E-state index in [1.165, 1.54) is 0 Å². The van der Waals surface area contributed by atoms with Crippen LogP contribution in [0.3, 0.4) is 0 Å². The second-order valence-corrected chi connectivity index (χ2v) is 5.59. The summed E-state index contributed by atoms with van der Waals surface area (Å²) in [5.41, 5.74) is 7.15. The highest BCUT2D eigenvalue weighted by atomic mass is 32.2. The van der Waals surface area contributed by atoms with Crippen molar-refractivity contribution in [1.82, 2.24) is 5.32 Å². The minimum atomic E-state index is -0.0524. The number of unbranched alkanes of at least 4 members (excludes halogenated alkanes) is 1. The predicted octanol–water partition coefficient (Wildman–Crippen LogP) is 2.73. The van der Waals surface area contributed by atoms with Crippen molar-refractivity contribution >= 4 is 17.7 Å². The van der Waals surface area contributed by atoms with E-state index < -0.39 is 0 Å². The SMILES string of the molecule is CSCCCCNC(=O)CCC(N)c1ccccc1. The molecular weight excluding hydrogens is 256 g/mol. The lowest BCUT2D eigenvalue weighted by atomic mass is 10.0. The van der Waals surface area contributed by atoms with Gasteiger partial charge in [-0.05, 0) is 36.8 Å². The normalized spacial score (nSPS) is 12.1. The van der Waals surface area contributed by atoms with Crippen molar-refractivity contribution in [2.24, 2.45) is 5.73 Å². The molecule has 1 aromatic carbocycles. The van der Waals surface area contributed by atoms with Gasteiger partial charge in [-0.25, -0.2) is 0 Å². The Kier molecular flexibility index (Phi) is 8.34. The molecule has 1 aromatic rings. The summed E-state index contributed by atoms with van der Waals surface area (Å²) in [5.74, 6) is 1.27. The quantitative estimate of drug-likeness (QED) is 0.684. The van der Waals surface area contributed by atoms with E-state index in [0.29, 0.717) is 12.8 Å². The molecule has 1 atom stereocenters. The van der Waals surface area contributed by atoms with E-state index in [0.717, 1.165) is 30.7 Å². The summed E-state index contributed by atoms with van der Waals surface area (Å²) in [6.45, 7) is 0.778. The van der Waals surface area contributed by atoms with Gasteiger partial charge in [-0.2, -0.15) is 11.8 Å². The summed E-state index contributed by atoms with van der Waals surface area (Å²) in [4.78, 5) is 11.6. The Hall–Kier alpha value is -1.00. The number of amides is 1. The van der Waals surface area contributed by atoms with Crippen molar-refractivity contribution in [3.8, 4) is 0 Å². The number of rotatable bonds is 9. The molecule has 0 aromatic heterocycles. The maximum absolute atomic E-state index is 11.6. The van der Waals surface area contributed by atoms with Gasteiger partial charge in [-0.3, -0.25) is 4.79 Å². The van der Waals surface area contributed by atoms with Crippen LogP contribution in [0.2, 0.25) is 0 Å². The van der Waals surface area contributed by atoms with Crippen LogP contribution in [0.5, 0.6) is 0 Å². The molecule has 1 rings (SSSR count). The highest BCUT2D eigenvalue weighted by Gasteiger charge is 2.08. The molecule has 0 spiro atoms. The van der Waals surface area contributed by atoms with Crippen LogP contribution in [0.4, 0.5) is 0 Å². The van der Waals surface area contributed by atoms with E-state index in [1.807, 2.05) is 42.1 Å². The number of nitrogens with two attached hydrogens (primary N) is 1. The molecular formula is C15H24N2OS. The first-order valence-electron chi connectivity index (χ1n) is 6.80. The molecule has 1 amide bonds. The van der Waals surface area contributed by atoms with Gasteiger partial charge in [0.15, 0.2) is 0 Å². The average Bonchev–Trinajstić information content (AvgIpc) is 2.45. The van der Waals surface area contributed by atoms with Crippen LogP contribution in [0.15, 0.2) is 30.3 Å². The number of hydrogen-bond acceptors (Lipinski definition) is 3. The number of thioether (sulfide) groups is 1. The van der Waals surface area contributed by atoms with Crippen molar-refractivity contribution in [3.63, 3.8) is 0 Å². The predicted molar refractivity (Wildman–Crippen MR) is 83.2 cm³/mol. The monoisotopic (exact) mass is 280 g/mol. The Morgan fingerprint density at radius 3 is 2.74 bits per heavy atom. The zero-order valence-electron chi connectivity index (χ0n) is 11.6. The van der Waals surface area contributed by atoms with E-state index in [2.05, 4.69) is 11.6 Å². The lowest BCUT2D eigenvalue weighted by Gasteiger charge is -2.11. The summed E-state index contributed by atoms with van der Waals surface area (Å²) >= 11 is 1.84. The van der Waals surface area contributed by atoms with E-state index in [4.69, 9.17) is 5.73 Å². The molecule has 1 unspecified atom stereocenters. The molecule has 0 aliphatic carbocycles. The molecule has 0 fully saturated rings. The van der Waals surface area contributed by atoms with E-state index in [-0.39, 0.29) is 11.9 Å².